The van der Waals surface area contributed by atoms with Crippen molar-refractivity contribution in [2.24, 2.45) is 10.2 Å². The molecule has 0 spiro atoms. The van der Waals surface area contributed by atoms with Crippen molar-refractivity contribution in [3.63, 3.8) is 0 Å². The standard InChI is InChI=1S/C17H29N7O9/c1-17(2,3)33-16(30)20-6-4-7(21-23-18)14(13(29)10(6)26)32-15-9(22-24-19)12(28)11(27)8(5-25)31-15/h6-15,25-29H,4-5H2,1-3H3,(H,20,30)/t6-,7?,8?,9?,10?,11-,12-,13-,14-,15-/m1/s1. The number of nitrogens with zero attached hydrogens (tertiary/aromatic N) is 6. The van der Waals surface area contributed by atoms with E-state index in [0.717, 1.165) is 0 Å². The average molecular weight is 475 g/mol. The Bertz CT molecular complexity index is 783. The van der Waals surface area contributed by atoms with Gasteiger partial charge in [-0.15, -0.1) is 0 Å². The van der Waals surface area contributed by atoms with Crippen molar-refractivity contribution in [2.75, 3.05) is 6.61 Å². The molecule has 2 rings (SSSR count). The fraction of sp³-hybridized carbons (Fsp3) is 0.941. The van der Waals surface area contributed by atoms with Crippen LogP contribution in [0.1, 0.15) is 27.2 Å². The van der Waals surface area contributed by atoms with Gasteiger partial charge in [0.05, 0.1) is 30.9 Å². The number of hydrogen-bond donors (Lipinski definition) is 6. The first kappa shape index (κ1) is 26.9. The Labute approximate surface area is 188 Å². The summed E-state index contributed by atoms with van der Waals surface area (Å²) in [6.07, 6.45) is -11.9. The van der Waals surface area contributed by atoms with Crippen molar-refractivity contribution in [2.45, 2.75) is 93.8 Å². The molecular weight excluding hydrogens is 446 g/mol. The first-order chi connectivity index (χ1) is 15.4. The topological polar surface area (TPSA) is 255 Å². The number of amides is 1. The molecule has 1 saturated carbocycles. The van der Waals surface area contributed by atoms with Gasteiger partial charge in [-0.3, -0.25) is 0 Å². The van der Waals surface area contributed by atoms with Gasteiger partial charge in [-0.2, -0.15) is 0 Å². The first-order valence-corrected chi connectivity index (χ1v) is 10.2. The van der Waals surface area contributed by atoms with Crippen molar-refractivity contribution in [1.29, 1.82) is 0 Å². The van der Waals surface area contributed by atoms with Gasteiger partial charge in [-0.1, -0.05) is 10.2 Å². The molecule has 2 fully saturated rings. The van der Waals surface area contributed by atoms with E-state index in [-0.39, 0.29) is 6.42 Å². The van der Waals surface area contributed by atoms with Crippen molar-refractivity contribution in [3.8, 4) is 0 Å². The van der Waals surface area contributed by atoms with Crippen LogP contribution in [0.2, 0.25) is 0 Å². The van der Waals surface area contributed by atoms with Crippen molar-refractivity contribution >= 4 is 6.09 Å². The summed E-state index contributed by atoms with van der Waals surface area (Å²) in [4.78, 5) is 17.4. The lowest BCUT2D eigenvalue weighted by atomic mass is 9.84. The Morgan fingerprint density at radius 3 is 2.27 bits per heavy atom. The van der Waals surface area contributed by atoms with Crippen molar-refractivity contribution in [1.82, 2.24) is 5.32 Å². The van der Waals surface area contributed by atoms with E-state index in [1.807, 2.05) is 0 Å². The molecule has 2 aliphatic rings. The molecule has 1 amide bonds. The zero-order chi connectivity index (χ0) is 24.9. The number of nitrogens with one attached hydrogen (secondary N) is 1. The number of azide groups is 2. The summed E-state index contributed by atoms with van der Waals surface area (Å²) < 4.78 is 16.2. The molecule has 1 heterocycles. The van der Waals surface area contributed by atoms with E-state index in [0.29, 0.717) is 0 Å². The largest absolute Gasteiger partial charge is 0.444 e. The van der Waals surface area contributed by atoms with Gasteiger partial charge in [-0.05, 0) is 38.3 Å². The SMILES string of the molecule is CC(C)(C)OC(=O)N[C@@H]1CC(N=[N+]=[N-])[C@@H](O[C@H]2OC(CO)[C@@H](O)[C@H](O)C2N=[N+]=[N-])[C@H](O)C1O. The molecule has 4 unspecified atom stereocenters. The normalized spacial score (nSPS) is 39.0. The van der Waals surface area contributed by atoms with Crippen LogP contribution in [0.15, 0.2) is 10.2 Å². The van der Waals surface area contributed by atoms with Gasteiger partial charge >= 0.3 is 6.09 Å². The van der Waals surface area contributed by atoms with E-state index in [1.54, 1.807) is 20.8 Å². The van der Waals surface area contributed by atoms with E-state index in [1.165, 1.54) is 0 Å². The fourth-order valence-corrected chi connectivity index (χ4v) is 3.66. The van der Waals surface area contributed by atoms with Crippen LogP contribution in [0, 0.1) is 0 Å². The van der Waals surface area contributed by atoms with Gasteiger partial charge in [0.1, 0.15) is 36.1 Å². The number of carbonyl (C=O) groups is 1. The molecule has 16 nitrogen and oxygen atoms in total. The Kier molecular flexibility index (Phi) is 9.08. The molecule has 0 aromatic rings. The van der Waals surface area contributed by atoms with Crippen molar-refractivity contribution in [3.05, 3.63) is 20.9 Å². The zero-order valence-corrected chi connectivity index (χ0v) is 18.2. The minimum absolute atomic E-state index is 0.167. The zero-order valence-electron chi connectivity index (χ0n) is 18.2. The fourth-order valence-electron chi connectivity index (χ4n) is 3.66. The van der Waals surface area contributed by atoms with E-state index in [2.05, 4.69) is 25.4 Å². The molecule has 0 aromatic carbocycles. The number of alkyl carbamates (subject to hydrolysis) is 1. The molecule has 33 heavy (non-hydrogen) atoms. The summed E-state index contributed by atoms with van der Waals surface area (Å²) in [6.45, 7) is 4.21. The Morgan fingerprint density at radius 2 is 1.73 bits per heavy atom. The lowest BCUT2D eigenvalue weighted by molar-refractivity contribution is -0.294. The smallest absolute Gasteiger partial charge is 0.407 e. The summed E-state index contributed by atoms with van der Waals surface area (Å²) >= 11 is 0. The van der Waals surface area contributed by atoms with Gasteiger partial charge < -0.3 is 45.1 Å². The maximum atomic E-state index is 12.1. The minimum atomic E-state index is -1.72. The number of aliphatic hydroxyl groups excluding tert-OH is 5. The Hall–Kier alpha value is -2.39. The van der Waals surface area contributed by atoms with Crippen LogP contribution < -0.4 is 5.32 Å². The van der Waals surface area contributed by atoms with Crippen LogP contribution in [0.25, 0.3) is 20.9 Å². The highest BCUT2D eigenvalue weighted by Crippen LogP contribution is 2.31. The van der Waals surface area contributed by atoms with Gasteiger partial charge in [0, 0.05) is 9.82 Å². The molecule has 0 bridgehead atoms. The van der Waals surface area contributed by atoms with Gasteiger partial charge in [0.25, 0.3) is 0 Å². The van der Waals surface area contributed by atoms with E-state index in [9.17, 15) is 30.3 Å². The third-order valence-electron chi connectivity index (χ3n) is 5.20. The van der Waals surface area contributed by atoms with Gasteiger partial charge in [-0.25, -0.2) is 4.79 Å². The van der Waals surface area contributed by atoms with Gasteiger partial charge in [0.2, 0.25) is 0 Å². The Morgan fingerprint density at radius 1 is 1.09 bits per heavy atom. The monoisotopic (exact) mass is 475 g/mol. The molecule has 1 saturated heterocycles. The van der Waals surface area contributed by atoms with Crippen LogP contribution in [-0.4, -0.2) is 105 Å². The molecule has 1 aliphatic heterocycles. The summed E-state index contributed by atoms with van der Waals surface area (Å²) in [7, 11) is 0. The predicted molar refractivity (Wildman–Crippen MR) is 108 cm³/mol. The number of carbonyl (C=O) groups excluding carboxylic acids is 1. The van der Waals surface area contributed by atoms with Crippen LogP contribution >= 0.6 is 0 Å². The molecule has 6 N–H and O–H groups in total. The van der Waals surface area contributed by atoms with Crippen LogP contribution in [0.4, 0.5) is 4.79 Å². The second kappa shape index (κ2) is 11.2. The summed E-state index contributed by atoms with van der Waals surface area (Å²) in [6, 6.07) is -3.69. The number of rotatable bonds is 6. The van der Waals surface area contributed by atoms with Crippen molar-refractivity contribution < 1.29 is 44.5 Å². The van der Waals surface area contributed by atoms with Gasteiger partial charge in [0.15, 0.2) is 6.29 Å². The third-order valence-corrected chi connectivity index (χ3v) is 5.20. The highest BCUT2D eigenvalue weighted by Gasteiger charge is 2.50. The molecular formula is C17H29N7O9. The van der Waals surface area contributed by atoms with Crippen LogP contribution in [0.3, 0.4) is 0 Å². The van der Waals surface area contributed by atoms with E-state index >= 15 is 0 Å². The number of aliphatic hydroxyl groups is 5. The number of ether oxygens (including phenoxy) is 3. The lowest BCUT2D eigenvalue weighted by Crippen LogP contribution is -2.64. The average Bonchev–Trinajstić information content (AvgIpc) is 2.72. The van der Waals surface area contributed by atoms with E-state index in [4.69, 9.17) is 25.3 Å². The maximum absolute atomic E-state index is 12.1. The van der Waals surface area contributed by atoms with Crippen LogP contribution in [-0.2, 0) is 14.2 Å². The van der Waals surface area contributed by atoms with Crippen LogP contribution in [0.5, 0.6) is 0 Å². The lowest BCUT2D eigenvalue weighted by Gasteiger charge is -2.45. The third kappa shape index (κ3) is 6.57. The molecule has 16 heteroatoms. The second-order valence-electron chi connectivity index (χ2n) is 8.74. The summed E-state index contributed by atoms with van der Waals surface area (Å²) in [5.41, 5.74) is 16.9. The highest BCUT2D eigenvalue weighted by atomic mass is 16.7. The molecule has 0 aromatic heterocycles. The minimum Gasteiger partial charge on any atom is -0.444 e. The Balaban J connectivity index is 2.24. The molecule has 1 aliphatic carbocycles. The summed E-state index contributed by atoms with van der Waals surface area (Å²) in [5.74, 6) is 0. The summed E-state index contributed by atoms with van der Waals surface area (Å²) in [5, 5.41) is 60.2. The predicted octanol–water partition coefficient (Wildman–Crippen LogP) is -0.813. The molecule has 186 valence electrons. The highest BCUT2D eigenvalue weighted by molar-refractivity contribution is 5.68. The van der Waals surface area contributed by atoms with E-state index < -0.39 is 79.3 Å². The molecule has 10 atom stereocenters. The quantitative estimate of drug-likeness (QED) is 0.159. The molecule has 0 radical (unpaired) electrons. The second-order valence-corrected chi connectivity index (χ2v) is 8.74. The first-order valence-electron chi connectivity index (χ1n) is 10.2. The maximum Gasteiger partial charge on any atom is 0.407 e. The number of hydrogen-bond acceptors (Lipinski definition) is 11.